The van der Waals surface area contributed by atoms with Gasteiger partial charge in [0.05, 0.1) is 5.02 Å². The van der Waals surface area contributed by atoms with Crippen molar-refractivity contribution in [2.45, 2.75) is 6.10 Å². The molecule has 18 heavy (non-hydrogen) atoms. The molecule has 2 aromatic rings. The van der Waals surface area contributed by atoms with Crippen molar-refractivity contribution in [2.75, 3.05) is 6.61 Å². The van der Waals surface area contributed by atoms with Crippen molar-refractivity contribution in [3.63, 3.8) is 0 Å². The second-order valence-corrected chi connectivity index (χ2v) is 4.74. The van der Waals surface area contributed by atoms with Crippen molar-refractivity contribution < 1.29 is 9.47 Å². The van der Waals surface area contributed by atoms with Gasteiger partial charge in [0.25, 0.3) is 5.88 Å². The summed E-state index contributed by atoms with van der Waals surface area (Å²) in [6.07, 6.45) is 1.40. The van der Waals surface area contributed by atoms with Gasteiger partial charge in [0.2, 0.25) is 0 Å². The van der Waals surface area contributed by atoms with Crippen LogP contribution < -0.4 is 9.47 Å². The number of halogens is 2. The third-order valence-corrected chi connectivity index (χ3v) is 3.25. The summed E-state index contributed by atoms with van der Waals surface area (Å²) in [6.45, 7) is 0.403. The molecule has 0 bridgehead atoms. The first-order valence-corrected chi connectivity index (χ1v) is 6.19. The molecule has 1 atom stereocenters. The Balaban J connectivity index is 1.89. The molecule has 0 aliphatic carbocycles. The molecular formula is C13H9Cl2NO2. The van der Waals surface area contributed by atoms with E-state index in [4.69, 9.17) is 32.7 Å². The third kappa shape index (κ3) is 2.11. The number of nitrogens with zero attached hydrogens (tertiary/aromatic N) is 1. The smallest absolute Gasteiger partial charge is 0.259 e. The lowest BCUT2D eigenvalue weighted by Gasteiger charge is -2.26. The van der Waals surface area contributed by atoms with Gasteiger partial charge in [-0.2, -0.15) is 0 Å². The van der Waals surface area contributed by atoms with E-state index in [9.17, 15) is 0 Å². The van der Waals surface area contributed by atoms with Crippen molar-refractivity contribution in [1.29, 1.82) is 0 Å². The fourth-order valence-electron chi connectivity index (χ4n) is 1.79. The highest BCUT2D eigenvalue weighted by molar-refractivity contribution is 6.32. The van der Waals surface area contributed by atoms with Gasteiger partial charge in [-0.05, 0) is 23.8 Å². The molecule has 0 saturated carbocycles. The van der Waals surface area contributed by atoms with E-state index in [1.54, 1.807) is 12.3 Å². The van der Waals surface area contributed by atoms with E-state index in [-0.39, 0.29) is 6.10 Å². The Hall–Kier alpha value is -1.45. The van der Waals surface area contributed by atoms with Crippen LogP contribution in [-0.2, 0) is 0 Å². The summed E-state index contributed by atoms with van der Waals surface area (Å²) in [5, 5.41) is 1.20. The highest BCUT2D eigenvalue weighted by Crippen LogP contribution is 2.39. The molecule has 0 N–H and O–H groups in total. The predicted molar refractivity (Wildman–Crippen MR) is 69.6 cm³/mol. The Morgan fingerprint density at radius 1 is 1.11 bits per heavy atom. The van der Waals surface area contributed by atoms with Gasteiger partial charge < -0.3 is 9.47 Å². The molecule has 1 aromatic carbocycles. The van der Waals surface area contributed by atoms with Crippen LogP contribution in [0.1, 0.15) is 11.7 Å². The van der Waals surface area contributed by atoms with Crippen LogP contribution in [0.3, 0.4) is 0 Å². The van der Waals surface area contributed by atoms with E-state index >= 15 is 0 Å². The standard InChI is InChI=1S/C13H9Cl2NO2/c14-9-3-1-8(2-4-9)11-7-17-12-10(15)5-6-16-13(12)18-11/h1-6,11H,7H2/t11-/m0/s1. The van der Waals surface area contributed by atoms with Crippen molar-refractivity contribution in [3.05, 3.63) is 52.1 Å². The molecule has 92 valence electrons. The van der Waals surface area contributed by atoms with Gasteiger partial charge >= 0.3 is 0 Å². The Labute approximate surface area is 114 Å². The Morgan fingerprint density at radius 2 is 1.89 bits per heavy atom. The Kier molecular flexibility index (Phi) is 3.02. The fourth-order valence-corrected chi connectivity index (χ4v) is 2.11. The zero-order chi connectivity index (χ0) is 12.5. The summed E-state index contributed by atoms with van der Waals surface area (Å²) in [6, 6.07) is 9.13. The van der Waals surface area contributed by atoms with E-state index in [1.807, 2.05) is 24.3 Å². The maximum atomic E-state index is 5.99. The molecule has 1 aliphatic heterocycles. The van der Waals surface area contributed by atoms with Gasteiger partial charge in [-0.25, -0.2) is 4.98 Å². The van der Waals surface area contributed by atoms with E-state index < -0.39 is 0 Å². The summed E-state index contributed by atoms with van der Waals surface area (Å²) in [5.41, 5.74) is 0.992. The molecule has 3 nitrogen and oxygen atoms in total. The second-order valence-electron chi connectivity index (χ2n) is 3.90. The van der Waals surface area contributed by atoms with Gasteiger partial charge in [0, 0.05) is 11.2 Å². The fraction of sp³-hybridized carbons (Fsp3) is 0.154. The van der Waals surface area contributed by atoms with Gasteiger partial charge in [-0.1, -0.05) is 35.3 Å². The number of benzene rings is 1. The molecular weight excluding hydrogens is 273 g/mol. The van der Waals surface area contributed by atoms with Crippen molar-refractivity contribution in [2.24, 2.45) is 0 Å². The van der Waals surface area contributed by atoms with Crippen LogP contribution in [0, 0.1) is 0 Å². The van der Waals surface area contributed by atoms with Crippen LogP contribution in [0.2, 0.25) is 10.0 Å². The number of hydrogen-bond acceptors (Lipinski definition) is 3. The average molecular weight is 282 g/mol. The van der Waals surface area contributed by atoms with Crippen LogP contribution in [0.5, 0.6) is 11.6 Å². The molecule has 0 radical (unpaired) electrons. The summed E-state index contributed by atoms with van der Waals surface area (Å²) in [5.74, 6) is 0.929. The minimum absolute atomic E-state index is 0.194. The van der Waals surface area contributed by atoms with Gasteiger partial charge in [-0.15, -0.1) is 0 Å². The summed E-state index contributed by atoms with van der Waals surface area (Å²) in [4.78, 5) is 4.12. The van der Waals surface area contributed by atoms with Crippen molar-refractivity contribution in [3.8, 4) is 11.6 Å². The summed E-state index contributed by atoms with van der Waals surface area (Å²) < 4.78 is 11.4. The zero-order valence-corrected chi connectivity index (χ0v) is 10.8. The average Bonchev–Trinajstić information content (AvgIpc) is 2.39. The van der Waals surface area contributed by atoms with Crippen molar-refractivity contribution >= 4 is 23.2 Å². The lowest BCUT2D eigenvalue weighted by atomic mass is 10.1. The van der Waals surface area contributed by atoms with Gasteiger partial charge in [0.15, 0.2) is 11.9 Å². The predicted octanol–water partition coefficient (Wildman–Crippen LogP) is 3.90. The Morgan fingerprint density at radius 3 is 2.67 bits per heavy atom. The number of aromatic nitrogens is 1. The molecule has 1 aliphatic rings. The number of rotatable bonds is 1. The number of hydrogen-bond donors (Lipinski definition) is 0. The summed E-state index contributed by atoms with van der Waals surface area (Å²) in [7, 11) is 0. The SMILES string of the molecule is Clc1ccc([C@@H]2COc3c(Cl)ccnc3O2)cc1. The maximum Gasteiger partial charge on any atom is 0.259 e. The lowest BCUT2D eigenvalue weighted by Crippen LogP contribution is -2.22. The van der Waals surface area contributed by atoms with E-state index in [0.717, 1.165) is 5.56 Å². The minimum atomic E-state index is -0.194. The zero-order valence-electron chi connectivity index (χ0n) is 9.27. The van der Waals surface area contributed by atoms with E-state index in [1.165, 1.54) is 0 Å². The van der Waals surface area contributed by atoms with Crippen LogP contribution in [-0.4, -0.2) is 11.6 Å². The number of pyridine rings is 1. The summed E-state index contributed by atoms with van der Waals surface area (Å²) >= 11 is 11.8. The molecule has 1 aromatic heterocycles. The molecule has 0 spiro atoms. The van der Waals surface area contributed by atoms with Crippen LogP contribution in [0.25, 0.3) is 0 Å². The largest absolute Gasteiger partial charge is 0.482 e. The van der Waals surface area contributed by atoms with Crippen molar-refractivity contribution in [1.82, 2.24) is 4.98 Å². The number of fused-ring (bicyclic) bond motifs is 1. The quantitative estimate of drug-likeness (QED) is 0.794. The van der Waals surface area contributed by atoms with Gasteiger partial charge in [-0.3, -0.25) is 0 Å². The third-order valence-electron chi connectivity index (χ3n) is 2.70. The second kappa shape index (κ2) is 4.67. The molecule has 0 saturated heterocycles. The van der Waals surface area contributed by atoms with Crippen LogP contribution in [0.4, 0.5) is 0 Å². The first-order valence-electron chi connectivity index (χ1n) is 5.43. The van der Waals surface area contributed by atoms with E-state index in [0.29, 0.717) is 28.3 Å². The van der Waals surface area contributed by atoms with E-state index in [2.05, 4.69) is 4.98 Å². The molecule has 5 heteroatoms. The van der Waals surface area contributed by atoms with Gasteiger partial charge in [0.1, 0.15) is 6.61 Å². The monoisotopic (exact) mass is 281 g/mol. The highest BCUT2D eigenvalue weighted by Gasteiger charge is 2.25. The molecule has 0 amide bonds. The maximum absolute atomic E-state index is 5.99. The Bertz CT molecular complexity index is 572. The lowest BCUT2D eigenvalue weighted by molar-refractivity contribution is 0.0852. The normalized spacial score (nSPS) is 17.6. The number of ether oxygens (including phenoxy) is 2. The molecule has 0 unspecified atom stereocenters. The highest BCUT2D eigenvalue weighted by atomic mass is 35.5. The van der Waals surface area contributed by atoms with Crippen LogP contribution >= 0.6 is 23.2 Å². The molecule has 2 heterocycles. The topological polar surface area (TPSA) is 31.4 Å². The molecule has 0 fully saturated rings. The molecule has 3 rings (SSSR count). The van der Waals surface area contributed by atoms with Crippen LogP contribution in [0.15, 0.2) is 36.5 Å². The first kappa shape index (κ1) is 11.6. The first-order chi connectivity index (χ1) is 8.74. The minimum Gasteiger partial charge on any atom is -0.482 e.